The molecule has 0 radical (unpaired) electrons. The van der Waals surface area contributed by atoms with Crippen LogP contribution in [0.4, 0.5) is 5.82 Å². The maximum absolute atomic E-state index is 12.1. The van der Waals surface area contributed by atoms with E-state index >= 15 is 0 Å². The third-order valence-corrected chi connectivity index (χ3v) is 9.08. The van der Waals surface area contributed by atoms with Crippen molar-refractivity contribution in [1.29, 1.82) is 0 Å². The molecule has 24 nitrogen and oxygen atoms in total. The third kappa shape index (κ3) is 6.29. The number of imidazole rings is 1. The van der Waals surface area contributed by atoms with Crippen molar-refractivity contribution in [1.82, 2.24) is 19.5 Å². The van der Waals surface area contributed by atoms with Crippen LogP contribution in [-0.4, -0.2) is 97.8 Å². The molecule has 2 aromatic heterocycles. The largest absolute Gasteiger partial charge is 1.00 e. The Morgan fingerprint density at radius 2 is 1.63 bits per heavy atom. The van der Waals surface area contributed by atoms with Gasteiger partial charge in [0.25, 0.3) is 12.1 Å². The smallest absolute Gasteiger partial charge is 0.382 e. The molecule has 0 amide bonds. The average molecular weight is 665 g/mol. The number of fused-ring (bicyclic) bond motifs is 2. The number of nitro groups is 3. The van der Waals surface area contributed by atoms with Crippen LogP contribution in [-0.2, 0) is 32.2 Å². The van der Waals surface area contributed by atoms with Crippen LogP contribution >= 0.6 is 15.6 Å². The molecule has 2 saturated heterocycles. The average Bonchev–Trinajstić information content (AvgIpc) is 3.54. The molecule has 1 aliphatic carbocycles. The first-order valence-corrected chi connectivity index (χ1v) is 14.6. The van der Waals surface area contributed by atoms with Gasteiger partial charge in [0.1, 0.15) is 30.2 Å². The minimum Gasteiger partial charge on any atom is -0.382 e. The first-order valence-electron chi connectivity index (χ1n) is 11.6. The summed E-state index contributed by atoms with van der Waals surface area (Å²) in [7, 11) is -10.9. The summed E-state index contributed by atoms with van der Waals surface area (Å²) in [6.45, 7) is -1.02. The molecule has 4 heterocycles. The van der Waals surface area contributed by atoms with Gasteiger partial charge in [0.05, 0.1) is 25.8 Å². The predicted molar refractivity (Wildman–Crippen MR) is 127 cm³/mol. The van der Waals surface area contributed by atoms with E-state index in [2.05, 4.69) is 23.8 Å². The Morgan fingerprint density at radius 3 is 2.19 bits per heavy atom. The number of hydrogen-bond donors (Lipinski definition) is 4. The number of hydrogen-bond acceptors (Lipinski definition) is 17. The molecule has 7 unspecified atom stereocenters. The van der Waals surface area contributed by atoms with Crippen molar-refractivity contribution in [2.75, 3.05) is 12.3 Å². The van der Waals surface area contributed by atoms with Gasteiger partial charge in [-0.3, -0.25) is 39.4 Å². The second-order valence-corrected chi connectivity index (χ2v) is 12.2. The van der Waals surface area contributed by atoms with Crippen molar-refractivity contribution in [3.63, 3.8) is 0 Å². The molecule has 1 saturated carbocycles. The van der Waals surface area contributed by atoms with Gasteiger partial charge in [0, 0.05) is 14.8 Å². The van der Waals surface area contributed by atoms with Crippen molar-refractivity contribution in [2.24, 2.45) is 0 Å². The summed E-state index contributed by atoms with van der Waals surface area (Å²) in [6.07, 6.45) is -5.36. The fourth-order valence-electron chi connectivity index (χ4n) is 5.28. The van der Waals surface area contributed by atoms with Crippen LogP contribution in [0, 0.1) is 30.3 Å². The van der Waals surface area contributed by atoms with Crippen molar-refractivity contribution in [3.05, 3.63) is 43.0 Å². The van der Waals surface area contributed by atoms with E-state index < -0.39 is 98.3 Å². The van der Waals surface area contributed by atoms with Gasteiger partial charge in [-0.15, -0.1) is 0 Å². The number of phosphoric ester groups is 1. The maximum Gasteiger partial charge on any atom is 1.00 e. The predicted octanol–water partition coefficient (Wildman–Crippen LogP) is -4.25. The molecule has 2 aliphatic heterocycles. The van der Waals surface area contributed by atoms with Crippen molar-refractivity contribution in [3.8, 4) is 0 Å². The van der Waals surface area contributed by atoms with E-state index in [1.807, 2.05) is 0 Å². The Kier molecular flexibility index (Phi) is 9.28. The maximum atomic E-state index is 12.1. The van der Waals surface area contributed by atoms with E-state index in [1.165, 1.54) is 4.57 Å². The topological polar surface area (TPSA) is 340 Å². The van der Waals surface area contributed by atoms with Crippen molar-refractivity contribution < 1.29 is 91.2 Å². The van der Waals surface area contributed by atoms with Crippen LogP contribution in [0.25, 0.3) is 11.2 Å². The molecule has 5 N–H and O–H groups in total. The fourth-order valence-corrected chi connectivity index (χ4v) is 6.88. The minimum absolute atomic E-state index is 0. The molecule has 3 fully saturated rings. The fraction of sp³-hybridized carbons (Fsp3) is 0.688. The van der Waals surface area contributed by atoms with Crippen LogP contribution in [0.2, 0.25) is 0 Å². The number of nitrogens with zero attached hydrogens (tertiary/aromatic N) is 7. The van der Waals surface area contributed by atoms with Gasteiger partial charge >= 0.3 is 51.0 Å². The summed E-state index contributed by atoms with van der Waals surface area (Å²) in [5, 5.41) is 35.7. The van der Waals surface area contributed by atoms with E-state index in [0.717, 1.165) is 12.7 Å². The Bertz CT molecular complexity index is 1520. The summed E-state index contributed by atoms with van der Waals surface area (Å²) >= 11 is 0. The monoisotopic (exact) mass is 665 g/mol. The van der Waals surface area contributed by atoms with Crippen LogP contribution in [0.5, 0.6) is 0 Å². The molecule has 7 atom stereocenters. The number of anilines is 1. The zero-order valence-electron chi connectivity index (χ0n) is 21.6. The molecule has 0 bridgehead atoms. The van der Waals surface area contributed by atoms with Gasteiger partial charge in [-0.2, -0.15) is 4.31 Å². The number of ether oxygens (including phenoxy) is 3. The molecular formula is C16H20N8NaO16P2+. The van der Waals surface area contributed by atoms with Crippen LogP contribution < -0.4 is 35.3 Å². The number of nitrogen functional groups attached to an aromatic ring is 1. The van der Waals surface area contributed by atoms with E-state index in [1.54, 1.807) is 0 Å². The Labute approximate surface area is 259 Å². The summed E-state index contributed by atoms with van der Waals surface area (Å²) in [5.74, 6) is -2.73. The molecule has 230 valence electrons. The second-order valence-electron chi connectivity index (χ2n) is 9.38. The number of aromatic nitrogens is 4. The van der Waals surface area contributed by atoms with Crippen molar-refractivity contribution in [2.45, 2.75) is 61.3 Å². The van der Waals surface area contributed by atoms with E-state index in [9.17, 15) is 44.4 Å². The molecule has 27 heteroatoms. The molecule has 43 heavy (non-hydrogen) atoms. The van der Waals surface area contributed by atoms with Gasteiger partial charge in [0.2, 0.25) is 6.04 Å². The van der Waals surface area contributed by atoms with Crippen LogP contribution in [0.15, 0.2) is 12.7 Å². The van der Waals surface area contributed by atoms with Gasteiger partial charge in [-0.25, -0.2) is 24.1 Å². The van der Waals surface area contributed by atoms with Crippen molar-refractivity contribution >= 4 is 32.6 Å². The van der Waals surface area contributed by atoms with E-state index in [0.29, 0.717) is 0 Å². The van der Waals surface area contributed by atoms with Gasteiger partial charge in [0.15, 0.2) is 17.7 Å². The third-order valence-electron chi connectivity index (χ3n) is 6.93. The summed E-state index contributed by atoms with van der Waals surface area (Å²) < 4.78 is 50.3. The summed E-state index contributed by atoms with van der Waals surface area (Å²) in [4.78, 5) is 72.2. The number of phosphoric acid groups is 2. The normalized spacial score (nSPS) is 33.5. The first kappa shape index (κ1) is 33.6. The van der Waals surface area contributed by atoms with Gasteiger partial charge in [-0.1, -0.05) is 0 Å². The quantitative estimate of drug-likeness (QED) is 0.0852. The molecule has 3 aliphatic rings. The van der Waals surface area contributed by atoms with Crippen LogP contribution in [0.3, 0.4) is 0 Å². The molecule has 5 rings (SSSR count). The van der Waals surface area contributed by atoms with Gasteiger partial charge in [-0.05, 0) is 0 Å². The summed E-state index contributed by atoms with van der Waals surface area (Å²) in [5.41, 5.74) is 5.94. The number of nitrogens with two attached hydrogens (primary N) is 1. The molecule has 0 aromatic carbocycles. The Hall–Kier alpha value is -2.31. The van der Waals surface area contributed by atoms with E-state index in [4.69, 9.17) is 29.7 Å². The molecule has 2 aromatic rings. The zero-order valence-corrected chi connectivity index (χ0v) is 25.4. The number of rotatable bonds is 9. The SMILES string of the molecule is Nc1ncnc2c1ncn2C1OC(COP(=O)(O)OP(=O)(O)O)C2OC3(OC21)C([N+](=O)[O-])CC([N+](=O)[O-])CC3[N+](=O)[O-].[Na+]. The Morgan fingerprint density at radius 1 is 1.02 bits per heavy atom. The van der Waals surface area contributed by atoms with Crippen LogP contribution in [0.1, 0.15) is 19.1 Å². The second kappa shape index (κ2) is 11.9. The Balaban J connectivity index is 0.00000423. The molecular weight excluding hydrogens is 645 g/mol. The molecule has 1 spiro atoms. The minimum atomic E-state index is -5.51. The van der Waals surface area contributed by atoms with E-state index in [-0.39, 0.29) is 46.5 Å². The standard InChI is InChI=1S/C16H20N8O16P2.Na/c17-13-10-14(19-4-18-13)21(5-20-10)15-12-11(7(37-15)3-36-42(34,35)40-41(31,32)33)38-16(39-12)8(23(27)28)1-6(22(25)26)2-9(16)24(29)30;/h4-9,11-12,15H,1-3H2,(H,34,35)(H2,17,18,19)(H2,31,32,33);/q;+1. The van der Waals surface area contributed by atoms with Gasteiger partial charge < -0.3 is 34.6 Å². The summed E-state index contributed by atoms with van der Waals surface area (Å²) in [6, 6.07) is -5.92. The zero-order chi connectivity index (χ0) is 30.8. The first-order chi connectivity index (χ1) is 19.5.